The average molecular weight is 256 g/mol. The van der Waals surface area contributed by atoms with Gasteiger partial charge in [0.2, 0.25) is 0 Å². The third kappa shape index (κ3) is 4.03. The van der Waals surface area contributed by atoms with Crippen molar-refractivity contribution in [3.8, 4) is 0 Å². The SMILES string of the molecule is C=CC(C(=O)O)N1CC(NC(=O)OC(C)(C)C)C1. The van der Waals surface area contributed by atoms with E-state index in [0.717, 1.165) is 0 Å². The second kappa shape index (κ2) is 5.39. The summed E-state index contributed by atoms with van der Waals surface area (Å²) in [7, 11) is 0. The molecule has 1 amide bonds. The number of carboxylic acids is 1. The highest BCUT2D eigenvalue weighted by Gasteiger charge is 2.35. The van der Waals surface area contributed by atoms with Crippen molar-refractivity contribution in [1.82, 2.24) is 10.2 Å². The summed E-state index contributed by atoms with van der Waals surface area (Å²) in [6.07, 6.45) is 0.907. The first-order chi connectivity index (χ1) is 8.23. The van der Waals surface area contributed by atoms with Crippen LogP contribution in [0.15, 0.2) is 12.7 Å². The molecule has 0 aromatic carbocycles. The Balaban J connectivity index is 2.33. The molecule has 1 fully saturated rings. The fourth-order valence-electron chi connectivity index (χ4n) is 1.71. The number of amides is 1. The van der Waals surface area contributed by atoms with Crippen LogP contribution in [-0.2, 0) is 9.53 Å². The Hall–Kier alpha value is -1.56. The summed E-state index contributed by atoms with van der Waals surface area (Å²) < 4.78 is 5.11. The number of carbonyl (C=O) groups excluding carboxylic acids is 1. The van der Waals surface area contributed by atoms with Gasteiger partial charge in [0.25, 0.3) is 0 Å². The number of ether oxygens (including phenoxy) is 1. The molecule has 1 unspecified atom stereocenters. The summed E-state index contributed by atoms with van der Waals surface area (Å²) in [4.78, 5) is 24.0. The first kappa shape index (κ1) is 14.5. The second-order valence-electron chi connectivity index (χ2n) is 5.32. The van der Waals surface area contributed by atoms with Gasteiger partial charge in [-0.3, -0.25) is 9.69 Å². The van der Waals surface area contributed by atoms with Crippen LogP contribution in [0.25, 0.3) is 0 Å². The molecule has 0 radical (unpaired) electrons. The molecule has 1 aliphatic heterocycles. The number of nitrogens with one attached hydrogen (secondary N) is 1. The fourth-order valence-corrected chi connectivity index (χ4v) is 1.71. The number of aliphatic carboxylic acids is 1. The molecule has 0 aromatic heterocycles. The highest BCUT2D eigenvalue weighted by atomic mass is 16.6. The molecular weight excluding hydrogens is 236 g/mol. The summed E-state index contributed by atoms with van der Waals surface area (Å²) in [5.74, 6) is -0.930. The summed E-state index contributed by atoms with van der Waals surface area (Å²) in [6, 6.07) is -0.761. The zero-order valence-corrected chi connectivity index (χ0v) is 11.0. The van der Waals surface area contributed by atoms with E-state index in [4.69, 9.17) is 9.84 Å². The van der Waals surface area contributed by atoms with Crippen LogP contribution in [0.4, 0.5) is 4.79 Å². The zero-order valence-electron chi connectivity index (χ0n) is 11.0. The maximum absolute atomic E-state index is 11.5. The van der Waals surface area contributed by atoms with Gasteiger partial charge >= 0.3 is 12.1 Å². The number of likely N-dealkylation sites (tertiary alicyclic amines) is 1. The zero-order chi connectivity index (χ0) is 13.9. The molecule has 0 bridgehead atoms. The molecule has 0 aromatic rings. The van der Waals surface area contributed by atoms with Gasteiger partial charge in [-0.25, -0.2) is 4.79 Å². The topological polar surface area (TPSA) is 78.9 Å². The number of hydrogen-bond acceptors (Lipinski definition) is 4. The van der Waals surface area contributed by atoms with Crippen molar-refractivity contribution in [2.24, 2.45) is 0 Å². The fraction of sp³-hybridized carbons (Fsp3) is 0.667. The van der Waals surface area contributed by atoms with Gasteiger partial charge in [-0.1, -0.05) is 6.08 Å². The number of nitrogens with zero attached hydrogens (tertiary/aromatic N) is 1. The lowest BCUT2D eigenvalue weighted by Crippen LogP contribution is -2.63. The van der Waals surface area contributed by atoms with E-state index < -0.39 is 23.7 Å². The molecule has 102 valence electrons. The standard InChI is InChI=1S/C12H20N2O4/c1-5-9(10(15)16)14-6-8(7-14)13-11(17)18-12(2,3)4/h5,8-9H,1,6-7H2,2-4H3,(H,13,17)(H,15,16). The Morgan fingerprint density at radius 2 is 2.06 bits per heavy atom. The molecule has 1 heterocycles. The normalized spacial score (nSPS) is 18.6. The van der Waals surface area contributed by atoms with Gasteiger partial charge in [0.15, 0.2) is 0 Å². The van der Waals surface area contributed by atoms with Crippen LogP contribution in [-0.4, -0.2) is 52.8 Å². The molecule has 1 atom stereocenters. The van der Waals surface area contributed by atoms with Gasteiger partial charge in [0.1, 0.15) is 11.6 Å². The maximum atomic E-state index is 11.5. The van der Waals surface area contributed by atoms with Crippen LogP contribution < -0.4 is 5.32 Å². The number of carbonyl (C=O) groups is 2. The van der Waals surface area contributed by atoms with E-state index in [1.165, 1.54) is 6.08 Å². The number of carboxylic acid groups (broad SMARTS) is 1. The van der Waals surface area contributed by atoms with Crippen molar-refractivity contribution in [3.63, 3.8) is 0 Å². The molecule has 0 spiro atoms. The van der Waals surface area contributed by atoms with Crippen LogP contribution in [0.1, 0.15) is 20.8 Å². The van der Waals surface area contributed by atoms with Crippen LogP contribution in [0.5, 0.6) is 0 Å². The third-order valence-electron chi connectivity index (χ3n) is 2.50. The molecule has 1 aliphatic rings. The Labute approximate surface area is 107 Å². The second-order valence-corrected chi connectivity index (χ2v) is 5.32. The monoisotopic (exact) mass is 256 g/mol. The highest BCUT2D eigenvalue weighted by molar-refractivity contribution is 5.76. The molecular formula is C12H20N2O4. The summed E-state index contributed by atoms with van der Waals surface area (Å²) in [5.41, 5.74) is -0.530. The van der Waals surface area contributed by atoms with E-state index in [9.17, 15) is 9.59 Å². The van der Waals surface area contributed by atoms with Gasteiger partial charge in [0.05, 0.1) is 6.04 Å². The van der Waals surface area contributed by atoms with Crippen molar-refractivity contribution < 1.29 is 19.4 Å². The first-order valence-corrected chi connectivity index (χ1v) is 5.82. The Kier molecular flexibility index (Phi) is 4.34. The van der Waals surface area contributed by atoms with E-state index in [1.807, 2.05) is 0 Å². The van der Waals surface area contributed by atoms with Crippen LogP contribution in [0.2, 0.25) is 0 Å². The van der Waals surface area contributed by atoms with E-state index in [1.54, 1.807) is 25.7 Å². The minimum Gasteiger partial charge on any atom is -0.480 e. The Bertz CT molecular complexity index is 342. The lowest BCUT2D eigenvalue weighted by molar-refractivity contribution is -0.143. The van der Waals surface area contributed by atoms with Gasteiger partial charge < -0.3 is 15.2 Å². The van der Waals surface area contributed by atoms with Gasteiger partial charge in [0, 0.05) is 13.1 Å². The molecule has 0 saturated carbocycles. The van der Waals surface area contributed by atoms with Crippen molar-refractivity contribution in [1.29, 1.82) is 0 Å². The average Bonchev–Trinajstić information content (AvgIpc) is 2.11. The van der Waals surface area contributed by atoms with E-state index >= 15 is 0 Å². The van der Waals surface area contributed by atoms with Crippen LogP contribution in [0, 0.1) is 0 Å². The highest BCUT2D eigenvalue weighted by Crippen LogP contribution is 2.14. The lowest BCUT2D eigenvalue weighted by Gasteiger charge is -2.41. The number of rotatable bonds is 4. The molecule has 6 heteroatoms. The molecule has 6 nitrogen and oxygen atoms in total. The van der Waals surface area contributed by atoms with Crippen LogP contribution >= 0.6 is 0 Å². The van der Waals surface area contributed by atoms with E-state index in [-0.39, 0.29) is 6.04 Å². The largest absolute Gasteiger partial charge is 0.480 e. The minimum absolute atomic E-state index is 0.0679. The minimum atomic E-state index is -0.930. The summed E-state index contributed by atoms with van der Waals surface area (Å²) >= 11 is 0. The molecule has 0 aliphatic carbocycles. The summed E-state index contributed by atoms with van der Waals surface area (Å²) in [6.45, 7) is 9.83. The van der Waals surface area contributed by atoms with Gasteiger partial charge in [-0.05, 0) is 20.8 Å². The lowest BCUT2D eigenvalue weighted by atomic mass is 10.1. The maximum Gasteiger partial charge on any atom is 0.407 e. The quantitative estimate of drug-likeness (QED) is 0.728. The van der Waals surface area contributed by atoms with E-state index in [0.29, 0.717) is 13.1 Å². The predicted molar refractivity (Wildman–Crippen MR) is 66.4 cm³/mol. The van der Waals surface area contributed by atoms with Gasteiger partial charge in [-0.15, -0.1) is 6.58 Å². The molecule has 1 saturated heterocycles. The third-order valence-corrected chi connectivity index (χ3v) is 2.50. The van der Waals surface area contributed by atoms with E-state index in [2.05, 4.69) is 11.9 Å². The summed E-state index contributed by atoms with van der Waals surface area (Å²) in [5, 5.41) is 11.6. The Morgan fingerprint density at radius 1 is 1.50 bits per heavy atom. The van der Waals surface area contributed by atoms with Crippen LogP contribution in [0.3, 0.4) is 0 Å². The van der Waals surface area contributed by atoms with Crippen molar-refractivity contribution >= 4 is 12.1 Å². The van der Waals surface area contributed by atoms with Gasteiger partial charge in [-0.2, -0.15) is 0 Å². The number of alkyl carbamates (subject to hydrolysis) is 1. The van der Waals surface area contributed by atoms with Crippen molar-refractivity contribution in [2.75, 3.05) is 13.1 Å². The van der Waals surface area contributed by atoms with Crippen molar-refractivity contribution in [3.05, 3.63) is 12.7 Å². The van der Waals surface area contributed by atoms with Crippen molar-refractivity contribution in [2.45, 2.75) is 38.5 Å². The number of hydrogen-bond donors (Lipinski definition) is 2. The Morgan fingerprint density at radius 3 is 2.44 bits per heavy atom. The molecule has 18 heavy (non-hydrogen) atoms. The molecule has 1 rings (SSSR count). The smallest absolute Gasteiger partial charge is 0.407 e. The molecule has 2 N–H and O–H groups in total. The first-order valence-electron chi connectivity index (χ1n) is 5.82. The predicted octanol–water partition coefficient (Wildman–Crippen LogP) is 0.834.